The quantitative estimate of drug-likeness (QED) is 0.172. The summed E-state index contributed by atoms with van der Waals surface area (Å²) in [5.74, 6) is -0.524. The second kappa shape index (κ2) is 13.2. The first kappa shape index (κ1) is 32.5. The van der Waals surface area contributed by atoms with Crippen LogP contribution in [0.25, 0.3) is 11.1 Å². The van der Waals surface area contributed by atoms with Crippen LogP contribution in [0.5, 0.6) is 11.5 Å². The topological polar surface area (TPSA) is 111 Å². The summed E-state index contributed by atoms with van der Waals surface area (Å²) < 4.78 is 59.3. The Labute approximate surface area is 268 Å². The number of halogens is 1. The fourth-order valence-corrected chi connectivity index (χ4v) is 6.81. The molecule has 11 heteroatoms. The van der Waals surface area contributed by atoms with Crippen LogP contribution in [0.1, 0.15) is 36.7 Å². The molecular weight excluding hydrogens is 611 g/mol. The van der Waals surface area contributed by atoms with Crippen LogP contribution in [-0.4, -0.2) is 52.2 Å². The van der Waals surface area contributed by atoms with Crippen LogP contribution in [0, 0.1) is 5.82 Å². The average molecular weight is 647 g/mol. The molecule has 240 valence electrons. The van der Waals surface area contributed by atoms with Crippen LogP contribution < -0.4 is 19.1 Å². The number of rotatable bonds is 10. The minimum atomic E-state index is -4.15. The Morgan fingerprint density at radius 1 is 0.957 bits per heavy atom. The number of ether oxygens (including phenoxy) is 3. The van der Waals surface area contributed by atoms with Crippen molar-refractivity contribution in [3.05, 3.63) is 108 Å². The zero-order valence-electron chi connectivity index (χ0n) is 26.0. The lowest BCUT2D eigenvalue weighted by Crippen LogP contribution is -2.48. The number of methoxy groups -OCH3 is 1. The van der Waals surface area contributed by atoms with Gasteiger partial charge in [-0.3, -0.25) is 9.10 Å². The fraction of sp³-hybridized carbons (Fsp3) is 0.257. The number of fused-ring (bicyclic) bond motifs is 1. The van der Waals surface area contributed by atoms with Crippen LogP contribution in [-0.2, 0) is 26.0 Å². The fourth-order valence-electron chi connectivity index (χ4n) is 5.16. The van der Waals surface area contributed by atoms with E-state index in [0.29, 0.717) is 33.9 Å². The second-order valence-electron chi connectivity index (χ2n) is 11.7. The van der Waals surface area contributed by atoms with Gasteiger partial charge in [0.05, 0.1) is 29.8 Å². The maximum absolute atomic E-state index is 14.0. The smallest absolute Gasteiger partial charge is 0.338 e. The molecule has 0 unspecified atom stereocenters. The number of nitrogens with one attached hydrogen (secondary N) is 1. The molecule has 0 bridgehead atoms. The number of amides is 1. The van der Waals surface area contributed by atoms with Gasteiger partial charge >= 0.3 is 5.97 Å². The highest BCUT2D eigenvalue weighted by Gasteiger charge is 2.42. The van der Waals surface area contributed by atoms with Gasteiger partial charge in [-0.25, -0.2) is 17.6 Å². The van der Waals surface area contributed by atoms with Crippen LogP contribution in [0.15, 0.2) is 95.9 Å². The summed E-state index contributed by atoms with van der Waals surface area (Å²) in [5, 5.41) is 2.80. The molecule has 46 heavy (non-hydrogen) atoms. The Balaban J connectivity index is 1.26. The van der Waals surface area contributed by atoms with E-state index < -0.39 is 39.4 Å². The van der Waals surface area contributed by atoms with Gasteiger partial charge in [0, 0.05) is 18.1 Å². The van der Waals surface area contributed by atoms with E-state index in [0.717, 1.165) is 5.56 Å². The summed E-state index contributed by atoms with van der Waals surface area (Å²) >= 11 is 0. The number of hydrogen-bond acceptors (Lipinski definition) is 7. The minimum Gasteiger partial charge on any atom is -0.496 e. The van der Waals surface area contributed by atoms with E-state index in [1.807, 2.05) is 0 Å². The lowest BCUT2D eigenvalue weighted by atomic mass is 10.0. The average Bonchev–Trinajstić information content (AvgIpc) is 3.43. The minimum absolute atomic E-state index is 0.00462. The summed E-state index contributed by atoms with van der Waals surface area (Å²) in [7, 11) is -2.72. The van der Waals surface area contributed by atoms with Crippen LogP contribution in [0.3, 0.4) is 0 Å². The molecule has 1 amide bonds. The van der Waals surface area contributed by atoms with Gasteiger partial charge in [-0.15, -0.1) is 0 Å². The van der Waals surface area contributed by atoms with Crippen LogP contribution >= 0.6 is 0 Å². The van der Waals surface area contributed by atoms with Crippen LogP contribution in [0.4, 0.5) is 10.1 Å². The Bertz CT molecular complexity index is 1840. The monoisotopic (exact) mass is 646 g/mol. The van der Waals surface area contributed by atoms with Gasteiger partial charge in [0.1, 0.15) is 35.6 Å². The SMILES string of the molecule is COc1cc(F)ccc1-c1ccc(S(=O)(=O)N2c3ccccc3C[C@H]2C(=O)NCCOc2ccc(C(=O)OC(C)(C)C)cc2)cc1. The third-order valence-electron chi connectivity index (χ3n) is 7.27. The predicted molar refractivity (Wildman–Crippen MR) is 172 cm³/mol. The highest BCUT2D eigenvalue weighted by Crippen LogP contribution is 2.38. The zero-order chi connectivity index (χ0) is 33.1. The highest BCUT2D eigenvalue weighted by molar-refractivity contribution is 7.93. The third-order valence-corrected chi connectivity index (χ3v) is 9.11. The normalized spacial score (nSPS) is 14.4. The van der Waals surface area contributed by atoms with Gasteiger partial charge in [0.15, 0.2) is 0 Å². The summed E-state index contributed by atoms with van der Waals surface area (Å²) in [6.45, 7) is 5.63. The molecule has 4 aromatic carbocycles. The number of carbonyl (C=O) groups excluding carboxylic acids is 2. The van der Waals surface area contributed by atoms with Crippen molar-refractivity contribution in [2.45, 2.75) is 43.7 Å². The molecule has 0 spiro atoms. The third kappa shape index (κ3) is 7.15. The highest BCUT2D eigenvalue weighted by atomic mass is 32.2. The van der Waals surface area contributed by atoms with Gasteiger partial charge in [0.25, 0.3) is 10.0 Å². The number of esters is 1. The van der Waals surface area contributed by atoms with E-state index in [4.69, 9.17) is 14.2 Å². The van der Waals surface area contributed by atoms with Crippen molar-refractivity contribution in [2.24, 2.45) is 0 Å². The first-order chi connectivity index (χ1) is 21.9. The number of nitrogens with zero attached hydrogens (tertiary/aromatic N) is 1. The summed E-state index contributed by atoms with van der Waals surface area (Å²) in [6.07, 6.45) is 0.207. The summed E-state index contributed by atoms with van der Waals surface area (Å²) in [6, 6.07) is 22.8. The number of sulfonamides is 1. The lowest BCUT2D eigenvalue weighted by molar-refractivity contribution is -0.122. The zero-order valence-corrected chi connectivity index (χ0v) is 26.8. The Morgan fingerprint density at radius 3 is 2.33 bits per heavy atom. The molecule has 1 atom stereocenters. The van der Waals surface area contributed by atoms with E-state index in [9.17, 15) is 22.4 Å². The maximum Gasteiger partial charge on any atom is 0.338 e. The summed E-state index contributed by atoms with van der Waals surface area (Å²) in [4.78, 5) is 25.7. The van der Waals surface area contributed by atoms with Gasteiger partial charge < -0.3 is 19.5 Å². The Morgan fingerprint density at radius 2 is 1.65 bits per heavy atom. The molecule has 1 aliphatic heterocycles. The van der Waals surface area contributed by atoms with Crippen molar-refractivity contribution in [3.63, 3.8) is 0 Å². The van der Waals surface area contributed by atoms with Gasteiger partial charge in [0.2, 0.25) is 5.91 Å². The number of carbonyl (C=O) groups is 2. The largest absolute Gasteiger partial charge is 0.496 e. The molecule has 1 N–H and O–H groups in total. The van der Waals surface area contributed by atoms with Crippen molar-refractivity contribution in [1.29, 1.82) is 0 Å². The van der Waals surface area contributed by atoms with Crippen molar-refractivity contribution in [2.75, 3.05) is 24.6 Å². The van der Waals surface area contributed by atoms with Gasteiger partial charge in [-0.05, 0) is 86.5 Å². The Hall–Kier alpha value is -4.90. The second-order valence-corrected chi connectivity index (χ2v) is 13.5. The molecule has 0 saturated heterocycles. The molecule has 0 radical (unpaired) electrons. The molecule has 1 aliphatic rings. The van der Waals surface area contributed by atoms with Gasteiger partial charge in [-0.2, -0.15) is 0 Å². The van der Waals surface area contributed by atoms with E-state index in [1.165, 1.54) is 35.7 Å². The summed E-state index contributed by atoms with van der Waals surface area (Å²) in [5.41, 5.74) is 2.21. The molecule has 4 aromatic rings. The van der Waals surface area contributed by atoms with Crippen molar-refractivity contribution in [3.8, 4) is 22.6 Å². The number of benzene rings is 4. The molecule has 0 saturated carbocycles. The first-order valence-electron chi connectivity index (χ1n) is 14.7. The number of anilines is 1. The standard InChI is InChI=1S/C35H35FN2O7S/c1-35(2,3)45-34(40)24-9-14-27(15-10-24)44-20-19-37-33(39)31-21-25-7-5-6-8-30(25)38(31)46(41,42)28-16-11-23(12-17-28)29-18-13-26(36)22-32(29)43-4/h5-18,22,31H,19-21H2,1-4H3,(H,37,39)/t31-/m0/s1. The lowest BCUT2D eigenvalue weighted by Gasteiger charge is -2.26. The number of hydrogen-bond donors (Lipinski definition) is 1. The molecule has 0 aromatic heterocycles. The van der Waals surface area contributed by atoms with Crippen molar-refractivity contribution >= 4 is 27.6 Å². The molecule has 1 heterocycles. The first-order valence-corrected chi connectivity index (χ1v) is 16.1. The maximum atomic E-state index is 14.0. The molecular formula is C35H35FN2O7S. The number of para-hydroxylation sites is 1. The van der Waals surface area contributed by atoms with E-state index in [-0.39, 0.29) is 24.5 Å². The molecule has 9 nitrogen and oxygen atoms in total. The molecule has 0 aliphatic carbocycles. The van der Waals surface area contributed by atoms with E-state index in [1.54, 1.807) is 87.5 Å². The van der Waals surface area contributed by atoms with E-state index >= 15 is 0 Å². The Kier molecular flexibility index (Phi) is 9.34. The molecule has 0 fully saturated rings. The van der Waals surface area contributed by atoms with Crippen LogP contribution in [0.2, 0.25) is 0 Å². The van der Waals surface area contributed by atoms with Crippen molar-refractivity contribution < 1.29 is 36.6 Å². The van der Waals surface area contributed by atoms with E-state index in [2.05, 4.69) is 5.32 Å². The van der Waals surface area contributed by atoms with Crippen molar-refractivity contribution in [1.82, 2.24) is 5.32 Å². The predicted octanol–water partition coefficient (Wildman–Crippen LogP) is 5.77. The van der Waals surface area contributed by atoms with Gasteiger partial charge in [-0.1, -0.05) is 30.3 Å². The molecule has 5 rings (SSSR count).